The van der Waals surface area contributed by atoms with Gasteiger partial charge < -0.3 is 0 Å². The molecule has 0 saturated heterocycles. The molecule has 0 bridgehead atoms. The van der Waals surface area contributed by atoms with Gasteiger partial charge in [-0.3, -0.25) is 0 Å². The van der Waals surface area contributed by atoms with Gasteiger partial charge in [0.05, 0.1) is 0 Å². The summed E-state index contributed by atoms with van der Waals surface area (Å²) in [5.41, 5.74) is 3.18. The molecule has 1 amide bonds. The van der Waals surface area contributed by atoms with Crippen LogP contribution in [-0.4, -0.2) is 37.9 Å². The Morgan fingerprint density at radius 3 is 1.79 bits per heavy atom. The van der Waals surface area contributed by atoms with Gasteiger partial charge in [0.2, 0.25) is 0 Å². The first-order valence-corrected chi connectivity index (χ1v) is 13.9. The first-order chi connectivity index (χ1) is 12.7. The fourth-order valence-electron chi connectivity index (χ4n) is 1.79. The molecule has 156 valence electrons. The Morgan fingerprint density at radius 1 is 1.07 bits per heavy atom. The van der Waals surface area contributed by atoms with Crippen LogP contribution in [0.2, 0.25) is 0 Å². The summed E-state index contributed by atoms with van der Waals surface area (Å²) in [6.45, 7) is 5.56. The average molecular weight is 516 g/mol. The number of benzene rings is 2. The molecule has 0 radical (unpaired) electrons. The van der Waals surface area contributed by atoms with E-state index < -0.39 is 22.4 Å². The molecule has 28 heavy (non-hydrogen) atoms. The Bertz CT molecular complexity index is 896. The second-order valence-electron chi connectivity index (χ2n) is 5.37. The standard InChI is InChI=1S/C8H10AsNO5.C8H10.Cl2O2S/c1-6(11)10-8-4-2-7(3-5-8)9(12,13)15-14;1-7-4-3-5-8(2)6-7;1-5(2,3)4/h2-5,14H,1H3,(H,10,11)(H,12,13);3-6H,1-2H3;. The third-order valence-corrected chi connectivity index (χ3v) is 5.26. The molecular weight excluding hydrogens is 496 g/mol. The fraction of sp³-hybridized carbons (Fsp3) is 0.188. The number of carbonyl (C=O) groups excluding carboxylic acids is 1. The number of amides is 1. The zero-order valence-electron chi connectivity index (χ0n) is 15.2. The molecule has 12 heteroatoms. The van der Waals surface area contributed by atoms with Crippen LogP contribution in [0.1, 0.15) is 18.1 Å². The van der Waals surface area contributed by atoms with Crippen molar-refractivity contribution in [1.82, 2.24) is 0 Å². The van der Waals surface area contributed by atoms with E-state index in [0.717, 1.165) is 0 Å². The third-order valence-electron chi connectivity index (χ3n) is 2.80. The number of nitrogens with one attached hydrogen (secondary N) is 1. The van der Waals surface area contributed by atoms with Crippen molar-refractivity contribution >= 4 is 59.7 Å². The van der Waals surface area contributed by atoms with Crippen molar-refractivity contribution in [2.24, 2.45) is 0 Å². The van der Waals surface area contributed by atoms with Crippen LogP contribution in [0.4, 0.5) is 5.69 Å². The minimum atomic E-state index is -4.76. The number of halogens is 2. The number of anilines is 1. The molecule has 0 aliphatic heterocycles. The van der Waals surface area contributed by atoms with Gasteiger partial charge in [0.1, 0.15) is 0 Å². The van der Waals surface area contributed by atoms with Crippen LogP contribution in [0.3, 0.4) is 0 Å². The zero-order valence-corrected chi connectivity index (χ0v) is 19.4. The van der Waals surface area contributed by atoms with Crippen molar-refractivity contribution in [2.45, 2.75) is 20.8 Å². The van der Waals surface area contributed by atoms with E-state index in [1.165, 1.54) is 42.3 Å². The van der Waals surface area contributed by atoms with Crippen molar-refractivity contribution in [2.75, 3.05) is 5.32 Å². The van der Waals surface area contributed by atoms with Gasteiger partial charge in [0.15, 0.2) is 0 Å². The number of rotatable bonds is 3. The zero-order chi connectivity index (χ0) is 22.0. The Kier molecular flexibility index (Phi) is 11.7. The van der Waals surface area contributed by atoms with Crippen molar-refractivity contribution in [3.63, 3.8) is 0 Å². The van der Waals surface area contributed by atoms with Crippen LogP contribution in [0.15, 0.2) is 48.5 Å². The quantitative estimate of drug-likeness (QED) is 0.248. The molecule has 0 aliphatic carbocycles. The number of aryl methyl sites for hydroxylation is 2. The number of carbonyl (C=O) groups is 1. The van der Waals surface area contributed by atoms with Crippen molar-refractivity contribution in [1.29, 1.82) is 0 Å². The molecule has 1 unspecified atom stereocenters. The SMILES string of the molecule is CC(=O)Nc1ccc([As](=O)(O)OO)cc1.Cc1cccc(C)c1.O=S(=O)(Cl)Cl. The number of hydrogen-bond donors (Lipinski definition) is 3. The van der Waals surface area contributed by atoms with Gasteiger partial charge in [-0.1, -0.05) is 35.4 Å². The molecule has 2 rings (SSSR count). The molecule has 0 heterocycles. The minimum Gasteiger partial charge on any atom is -0.195 e. The Balaban J connectivity index is 0.000000466. The average Bonchev–Trinajstić information content (AvgIpc) is 2.53. The molecule has 0 saturated carbocycles. The van der Waals surface area contributed by atoms with Crippen molar-refractivity contribution in [3.05, 3.63) is 59.7 Å². The smallest absolute Gasteiger partial charge is 0.195 e. The monoisotopic (exact) mass is 515 g/mol. The van der Waals surface area contributed by atoms with E-state index in [9.17, 15) is 8.53 Å². The normalized spacial score (nSPS) is 12.4. The largest absolute Gasteiger partial charge is 0.317 e. The summed E-state index contributed by atoms with van der Waals surface area (Å²) in [5.74, 6) is -0.237. The molecule has 0 spiro atoms. The molecular formula is C16H20AsCl2NO7S. The first kappa shape index (κ1) is 26.7. The maximum Gasteiger partial charge on any atom is 0.317 e. The van der Waals surface area contributed by atoms with Crippen LogP contribution in [0.25, 0.3) is 0 Å². The van der Waals surface area contributed by atoms with Gasteiger partial charge in [-0.15, -0.1) is 0 Å². The molecule has 2 aromatic carbocycles. The van der Waals surface area contributed by atoms with Gasteiger partial charge in [-0.25, -0.2) is 0 Å². The molecule has 0 fully saturated rings. The van der Waals surface area contributed by atoms with Crippen molar-refractivity contribution in [3.8, 4) is 0 Å². The summed E-state index contributed by atoms with van der Waals surface area (Å²) in [6, 6.07) is 14.0. The topological polar surface area (TPSA) is 130 Å². The molecule has 3 N–H and O–H groups in total. The van der Waals surface area contributed by atoms with E-state index in [-0.39, 0.29) is 10.3 Å². The van der Waals surface area contributed by atoms with Crippen molar-refractivity contribution < 1.29 is 30.2 Å². The number of hydrogen-bond acceptors (Lipinski definition) is 6. The summed E-state index contributed by atoms with van der Waals surface area (Å²) in [7, 11) is 4.81. The van der Waals surface area contributed by atoms with Crippen LogP contribution in [-0.2, 0) is 20.7 Å². The Morgan fingerprint density at radius 2 is 1.50 bits per heavy atom. The molecule has 1 atom stereocenters. The van der Waals surface area contributed by atoms with Crippen LogP contribution in [0, 0.1) is 13.8 Å². The molecule has 8 nitrogen and oxygen atoms in total. The second kappa shape index (κ2) is 12.3. The summed E-state index contributed by atoms with van der Waals surface area (Å²) in [6.07, 6.45) is 0. The maximum atomic E-state index is 11.2. The minimum absolute atomic E-state index is 0.00438. The summed E-state index contributed by atoms with van der Waals surface area (Å²) in [5, 5.41) is 10.7. The summed E-state index contributed by atoms with van der Waals surface area (Å²) >= 11 is -4.76. The second-order valence-corrected chi connectivity index (χ2v) is 12.6. The van der Waals surface area contributed by atoms with E-state index >= 15 is 0 Å². The van der Waals surface area contributed by atoms with Gasteiger partial charge in [0.25, 0.3) is 0 Å². The van der Waals surface area contributed by atoms with E-state index in [0.29, 0.717) is 5.69 Å². The summed E-state index contributed by atoms with van der Waals surface area (Å²) in [4.78, 5) is 10.7. The van der Waals surface area contributed by atoms with Crippen LogP contribution >= 0.6 is 21.4 Å². The molecule has 0 aliphatic rings. The van der Waals surface area contributed by atoms with Crippen LogP contribution < -0.4 is 9.67 Å². The Labute approximate surface area is 175 Å². The third kappa shape index (κ3) is 13.8. The predicted molar refractivity (Wildman–Crippen MR) is 109 cm³/mol. The van der Waals surface area contributed by atoms with Gasteiger partial charge in [-0.05, 0) is 13.8 Å². The molecule has 2 aromatic rings. The summed E-state index contributed by atoms with van der Waals surface area (Å²) < 4.78 is 42.2. The van der Waals surface area contributed by atoms with Gasteiger partial charge in [0, 0.05) is 21.4 Å². The maximum absolute atomic E-state index is 11.2. The van der Waals surface area contributed by atoms with E-state index in [1.807, 2.05) is 0 Å². The molecule has 0 aromatic heterocycles. The van der Waals surface area contributed by atoms with E-state index in [1.54, 1.807) is 0 Å². The van der Waals surface area contributed by atoms with Gasteiger partial charge >= 0.3 is 96.7 Å². The van der Waals surface area contributed by atoms with E-state index in [4.69, 9.17) is 17.8 Å². The van der Waals surface area contributed by atoms with Gasteiger partial charge in [-0.2, -0.15) is 8.42 Å². The first-order valence-electron chi connectivity index (χ1n) is 7.46. The Hall–Kier alpha value is -1.32. The predicted octanol–water partition coefficient (Wildman–Crippen LogP) is 2.72. The van der Waals surface area contributed by atoms with Crippen LogP contribution in [0.5, 0.6) is 0 Å². The van der Waals surface area contributed by atoms with E-state index in [2.05, 4.69) is 68.7 Å². The fourth-order valence-corrected chi connectivity index (χ4v) is 3.09.